The molecule has 0 radical (unpaired) electrons. The minimum atomic E-state index is -4.70. The number of carbonyl (C=O) groups excluding carboxylic acids is 1. The van der Waals surface area contributed by atoms with Crippen LogP contribution in [0, 0.1) is 0 Å². The molecule has 5 nitrogen and oxygen atoms in total. The number of alkyl halides is 3. The molecule has 1 aliphatic heterocycles. The van der Waals surface area contributed by atoms with Gasteiger partial charge in [-0.2, -0.15) is 0 Å². The molecule has 1 heterocycles. The van der Waals surface area contributed by atoms with Crippen LogP contribution in [0.5, 0.6) is 5.75 Å². The second-order valence-corrected chi connectivity index (χ2v) is 5.29. The zero-order valence-electron chi connectivity index (χ0n) is 12.4. The molecule has 1 aromatic rings. The zero-order valence-corrected chi connectivity index (χ0v) is 12.4. The standard InChI is InChI=1S/C15H19F3N2O3/c16-15(17,18)23-11-3-1-10(2-4-11)7-8-20-14(21)13-6-5-12(9-19)22-13/h1-4,12-13H,5-9,19H2,(H,20,21)/t12-,13+/m1/s1. The normalized spacial score (nSPS) is 21.2. The summed E-state index contributed by atoms with van der Waals surface area (Å²) in [5.74, 6) is -0.449. The van der Waals surface area contributed by atoms with Gasteiger partial charge in [0, 0.05) is 13.1 Å². The molecule has 8 heteroatoms. The number of carbonyl (C=O) groups is 1. The Balaban J connectivity index is 1.73. The summed E-state index contributed by atoms with van der Waals surface area (Å²) in [5, 5.41) is 2.75. The highest BCUT2D eigenvalue weighted by Crippen LogP contribution is 2.23. The summed E-state index contributed by atoms with van der Waals surface area (Å²) in [4.78, 5) is 11.9. The van der Waals surface area contributed by atoms with E-state index in [9.17, 15) is 18.0 Å². The van der Waals surface area contributed by atoms with Gasteiger partial charge in [-0.25, -0.2) is 0 Å². The molecule has 1 saturated heterocycles. The van der Waals surface area contributed by atoms with Crippen LogP contribution < -0.4 is 15.8 Å². The van der Waals surface area contributed by atoms with Gasteiger partial charge in [0.05, 0.1) is 6.10 Å². The molecule has 2 atom stereocenters. The largest absolute Gasteiger partial charge is 0.573 e. The molecule has 0 aromatic heterocycles. The molecule has 0 unspecified atom stereocenters. The predicted octanol–water partition coefficient (Wildman–Crippen LogP) is 1.75. The van der Waals surface area contributed by atoms with Crippen molar-refractivity contribution in [2.45, 2.75) is 37.8 Å². The van der Waals surface area contributed by atoms with Gasteiger partial charge in [0.15, 0.2) is 0 Å². The van der Waals surface area contributed by atoms with E-state index >= 15 is 0 Å². The lowest BCUT2D eigenvalue weighted by Crippen LogP contribution is -2.36. The number of hydrogen-bond acceptors (Lipinski definition) is 4. The topological polar surface area (TPSA) is 73.6 Å². The van der Waals surface area contributed by atoms with E-state index < -0.39 is 12.5 Å². The van der Waals surface area contributed by atoms with Crippen molar-refractivity contribution in [3.63, 3.8) is 0 Å². The predicted molar refractivity (Wildman–Crippen MR) is 76.8 cm³/mol. The molecule has 0 spiro atoms. The lowest BCUT2D eigenvalue weighted by Gasteiger charge is -2.13. The molecule has 1 amide bonds. The van der Waals surface area contributed by atoms with E-state index in [1.165, 1.54) is 24.3 Å². The molecule has 0 bridgehead atoms. The maximum Gasteiger partial charge on any atom is 0.573 e. The van der Waals surface area contributed by atoms with Crippen molar-refractivity contribution in [1.82, 2.24) is 5.32 Å². The van der Waals surface area contributed by atoms with Gasteiger partial charge in [-0.05, 0) is 37.0 Å². The van der Waals surface area contributed by atoms with Gasteiger partial charge >= 0.3 is 6.36 Å². The van der Waals surface area contributed by atoms with Crippen LogP contribution in [0.4, 0.5) is 13.2 Å². The van der Waals surface area contributed by atoms with Gasteiger partial charge in [0.2, 0.25) is 5.91 Å². The molecular weight excluding hydrogens is 313 g/mol. The maximum absolute atomic E-state index is 12.0. The van der Waals surface area contributed by atoms with Crippen LogP contribution in [-0.4, -0.2) is 37.6 Å². The molecule has 0 saturated carbocycles. The summed E-state index contributed by atoms with van der Waals surface area (Å²) in [5.41, 5.74) is 6.28. The minimum absolute atomic E-state index is 0.0630. The summed E-state index contributed by atoms with van der Waals surface area (Å²) < 4.78 is 45.4. The Morgan fingerprint density at radius 2 is 2.00 bits per heavy atom. The van der Waals surface area contributed by atoms with Crippen molar-refractivity contribution in [1.29, 1.82) is 0 Å². The van der Waals surface area contributed by atoms with Crippen LogP contribution in [0.15, 0.2) is 24.3 Å². The second kappa shape index (κ2) is 7.65. The molecule has 3 N–H and O–H groups in total. The fourth-order valence-electron chi connectivity index (χ4n) is 2.37. The molecular formula is C15H19F3N2O3. The van der Waals surface area contributed by atoms with Gasteiger partial charge in [-0.1, -0.05) is 12.1 Å². The van der Waals surface area contributed by atoms with Crippen LogP contribution in [0.25, 0.3) is 0 Å². The van der Waals surface area contributed by atoms with E-state index in [0.717, 1.165) is 12.0 Å². The van der Waals surface area contributed by atoms with Crippen molar-refractivity contribution < 1.29 is 27.4 Å². The Morgan fingerprint density at radius 1 is 1.30 bits per heavy atom. The van der Waals surface area contributed by atoms with Crippen molar-refractivity contribution in [2.24, 2.45) is 5.73 Å². The summed E-state index contributed by atoms with van der Waals surface area (Å²) in [6.07, 6.45) is -3.30. The van der Waals surface area contributed by atoms with E-state index in [4.69, 9.17) is 10.5 Å². The van der Waals surface area contributed by atoms with Gasteiger partial charge in [0.1, 0.15) is 11.9 Å². The average Bonchev–Trinajstić information content (AvgIpc) is 2.96. The zero-order chi connectivity index (χ0) is 16.9. The molecule has 1 fully saturated rings. The van der Waals surface area contributed by atoms with Crippen molar-refractivity contribution in [3.8, 4) is 5.75 Å². The highest BCUT2D eigenvalue weighted by atomic mass is 19.4. The number of hydrogen-bond donors (Lipinski definition) is 2. The second-order valence-electron chi connectivity index (χ2n) is 5.29. The summed E-state index contributed by atoms with van der Waals surface area (Å²) >= 11 is 0. The summed E-state index contributed by atoms with van der Waals surface area (Å²) in [6, 6.07) is 5.56. The van der Waals surface area contributed by atoms with Gasteiger partial charge in [0.25, 0.3) is 0 Å². The van der Waals surface area contributed by atoms with Crippen LogP contribution in [0.1, 0.15) is 18.4 Å². The van der Waals surface area contributed by atoms with Crippen LogP contribution in [-0.2, 0) is 16.0 Å². The summed E-state index contributed by atoms with van der Waals surface area (Å²) in [6.45, 7) is 0.779. The highest BCUT2D eigenvalue weighted by Gasteiger charge is 2.31. The van der Waals surface area contributed by atoms with Crippen molar-refractivity contribution in [2.75, 3.05) is 13.1 Å². The Labute approximate surface area is 131 Å². The number of nitrogens with one attached hydrogen (secondary N) is 1. The molecule has 2 rings (SSSR count). The Kier molecular flexibility index (Phi) is 5.84. The SMILES string of the molecule is NC[C@H]1CC[C@@H](C(=O)NCCc2ccc(OC(F)(F)F)cc2)O1. The van der Waals surface area contributed by atoms with Crippen LogP contribution in [0.2, 0.25) is 0 Å². The van der Waals surface area contributed by atoms with E-state index in [1.54, 1.807) is 0 Å². The number of rotatable bonds is 6. The van der Waals surface area contributed by atoms with E-state index in [-0.39, 0.29) is 17.8 Å². The third-order valence-electron chi connectivity index (χ3n) is 3.53. The molecule has 128 valence electrons. The molecule has 23 heavy (non-hydrogen) atoms. The first-order valence-corrected chi connectivity index (χ1v) is 7.35. The van der Waals surface area contributed by atoms with Crippen LogP contribution >= 0.6 is 0 Å². The molecule has 0 aliphatic carbocycles. The molecule has 1 aliphatic rings. The lowest BCUT2D eigenvalue weighted by atomic mass is 10.1. The van der Waals surface area contributed by atoms with E-state index in [1.807, 2.05) is 0 Å². The number of benzene rings is 1. The molecule has 1 aromatic carbocycles. The number of nitrogens with two attached hydrogens (primary N) is 1. The Hall–Kier alpha value is -1.80. The van der Waals surface area contributed by atoms with E-state index in [2.05, 4.69) is 10.1 Å². The average molecular weight is 332 g/mol. The summed E-state index contributed by atoms with van der Waals surface area (Å²) in [7, 11) is 0. The fraction of sp³-hybridized carbons (Fsp3) is 0.533. The quantitative estimate of drug-likeness (QED) is 0.832. The van der Waals surface area contributed by atoms with E-state index in [0.29, 0.717) is 25.9 Å². The van der Waals surface area contributed by atoms with Gasteiger partial charge in [-0.3, -0.25) is 4.79 Å². The maximum atomic E-state index is 12.0. The minimum Gasteiger partial charge on any atom is -0.406 e. The Morgan fingerprint density at radius 3 is 2.57 bits per heavy atom. The van der Waals surface area contributed by atoms with Gasteiger partial charge < -0.3 is 20.5 Å². The highest BCUT2D eigenvalue weighted by molar-refractivity contribution is 5.81. The third kappa shape index (κ3) is 5.72. The lowest BCUT2D eigenvalue weighted by molar-refractivity contribution is -0.274. The van der Waals surface area contributed by atoms with Gasteiger partial charge in [-0.15, -0.1) is 13.2 Å². The fourth-order valence-corrected chi connectivity index (χ4v) is 2.37. The monoisotopic (exact) mass is 332 g/mol. The Bertz CT molecular complexity index is 520. The van der Waals surface area contributed by atoms with Crippen LogP contribution in [0.3, 0.4) is 0 Å². The number of amides is 1. The first-order chi connectivity index (χ1) is 10.9. The third-order valence-corrected chi connectivity index (χ3v) is 3.53. The smallest absolute Gasteiger partial charge is 0.406 e. The number of ether oxygens (including phenoxy) is 2. The first kappa shape index (κ1) is 17.6. The first-order valence-electron chi connectivity index (χ1n) is 7.35. The van der Waals surface area contributed by atoms with Crippen molar-refractivity contribution >= 4 is 5.91 Å². The number of halogens is 3. The van der Waals surface area contributed by atoms with Crippen molar-refractivity contribution in [3.05, 3.63) is 29.8 Å².